The van der Waals surface area contributed by atoms with Gasteiger partial charge in [0.25, 0.3) is 5.91 Å². The molecule has 34 heavy (non-hydrogen) atoms. The van der Waals surface area contributed by atoms with Crippen molar-refractivity contribution >= 4 is 29.3 Å². The van der Waals surface area contributed by atoms with Gasteiger partial charge in [0.05, 0.1) is 16.9 Å². The van der Waals surface area contributed by atoms with Crippen molar-refractivity contribution in [2.24, 2.45) is 0 Å². The van der Waals surface area contributed by atoms with Gasteiger partial charge in [-0.1, -0.05) is 43.0 Å². The van der Waals surface area contributed by atoms with E-state index in [0.29, 0.717) is 23.9 Å². The van der Waals surface area contributed by atoms with E-state index in [-0.39, 0.29) is 16.7 Å². The van der Waals surface area contributed by atoms with Gasteiger partial charge in [0, 0.05) is 12.2 Å². The molecule has 2 unspecified atom stereocenters. The smallest absolute Gasteiger partial charge is 0.254 e. The summed E-state index contributed by atoms with van der Waals surface area (Å²) in [7, 11) is 0. The van der Waals surface area contributed by atoms with Gasteiger partial charge >= 0.3 is 0 Å². The molecule has 0 saturated heterocycles. The Morgan fingerprint density at radius 2 is 1.85 bits per heavy atom. The molecule has 2 atom stereocenters. The van der Waals surface area contributed by atoms with E-state index < -0.39 is 17.8 Å². The molecule has 9 heteroatoms. The highest BCUT2D eigenvalue weighted by Crippen LogP contribution is 2.28. The fraction of sp³-hybridized carbons (Fsp3) is 0.360. The largest absolute Gasteiger partial charge is 0.342 e. The van der Waals surface area contributed by atoms with Crippen LogP contribution in [0, 0.1) is 19.7 Å². The fourth-order valence-corrected chi connectivity index (χ4v) is 4.55. The third-order valence-electron chi connectivity index (χ3n) is 5.48. The van der Waals surface area contributed by atoms with E-state index in [2.05, 4.69) is 20.8 Å². The second-order valence-corrected chi connectivity index (χ2v) is 9.25. The monoisotopic (exact) mass is 483 g/mol. The zero-order valence-electron chi connectivity index (χ0n) is 20.1. The predicted octanol–water partition coefficient (Wildman–Crippen LogP) is 5.05. The molecule has 180 valence electrons. The number of amides is 2. The second kappa shape index (κ2) is 11.3. The predicted molar refractivity (Wildman–Crippen MR) is 132 cm³/mol. The Labute approximate surface area is 203 Å². The number of aromatic nitrogens is 3. The van der Waals surface area contributed by atoms with Gasteiger partial charge in [-0.25, -0.2) is 4.39 Å². The number of hydrogen-bond acceptors (Lipinski definition) is 5. The average Bonchev–Trinajstić information content (AvgIpc) is 3.22. The van der Waals surface area contributed by atoms with E-state index in [0.717, 1.165) is 16.8 Å². The third-order valence-corrected chi connectivity index (χ3v) is 6.82. The van der Waals surface area contributed by atoms with Crippen LogP contribution in [-0.4, -0.2) is 31.8 Å². The minimum Gasteiger partial charge on any atom is -0.342 e. The molecular formula is C25H30FN5O2S. The molecule has 0 bridgehead atoms. The number of thioether (sulfide) groups is 1. The molecule has 2 aromatic carbocycles. The first-order valence-electron chi connectivity index (χ1n) is 11.3. The van der Waals surface area contributed by atoms with Gasteiger partial charge in [0.2, 0.25) is 5.91 Å². The van der Waals surface area contributed by atoms with E-state index in [4.69, 9.17) is 0 Å². The molecule has 1 heterocycles. The van der Waals surface area contributed by atoms with Crippen LogP contribution in [0.4, 0.5) is 10.1 Å². The summed E-state index contributed by atoms with van der Waals surface area (Å²) in [5.74, 6) is -0.667. The Hall–Kier alpha value is -3.20. The quantitative estimate of drug-likeness (QED) is 0.416. The maximum absolute atomic E-state index is 14.0. The number of aryl methyl sites for hydroxylation is 2. The number of carbonyl (C=O) groups excluding carboxylic acids is 2. The molecule has 0 radical (unpaired) electrons. The Morgan fingerprint density at radius 1 is 1.12 bits per heavy atom. The minimum atomic E-state index is -0.582. The van der Waals surface area contributed by atoms with E-state index in [1.807, 2.05) is 50.5 Å². The van der Waals surface area contributed by atoms with Crippen molar-refractivity contribution < 1.29 is 14.0 Å². The van der Waals surface area contributed by atoms with Gasteiger partial charge in [0.1, 0.15) is 5.82 Å². The Balaban J connectivity index is 1.74. The molecule has 0 saturated carbocycles. The SMILES string of the molecule is CCC(Sc1nnc(C(C)NC(=O)c2ccccc2F)n1CC)C(=O)Nc1cc(C)ccc1C. The molecule has 0 fully saturated rings. The number of rotatable bonds is 9. The van der Waals surface area contributed by atoms with Gasteiger partial charge in [-0.3, -0.25) is 9.59 Å². The van der Waals surface area contributed by atoms with Crippen molar-refractivity contribution in [3.05, 3.63) is 70.8 Å². The van der Waals surface area contributed by atoms with Crippen LogP contribution in [0.15, 0.2) is 47.6 Å². The molecular weight excluding hydrogens is 453 g/mol. The van der Waals surface area contributed by atoms with Crippen LogP contribution >= 0.6 is 11.8 Å². The van der Waals surface area contributed by atoms with Crippen LogP contribution in [0.3, 0.4) is 0 Å². The maximum Gasteiger partial charge on any atom is 0.254 e. The summed E-state index contributed by atoms with van der Waals surface area (Å²) in [5.41, 5.74) is 2.84. The van der Waals surface area contributed by atoms with Gasteiger partial charge in [-0.2, -0.15) is 0 Å². The highest BCUT2D eigenvalue weighted by atomic mass is 32.2. The van der Waals surface area contributed by atoms with Crippen molar-refractivity contribution in [2.45, 2.75) is 64.0 Å². The molecule has 7 nitrogen and oxygen atoms in total. The van der Waals surface area contributed by atoms with Gasteiger partial charge in [-0.15, -0.1) is 10.2 Å². The Kier molecular flexibility index (Phi) is 8.44. The molecule has 0 aliphatic carbocycles. The number of anilines is 1. The van der Waals surface area contributed by atoms with Crippen molar-refractivity contribution in [3.8, 4) is 0 Å². The standard InChI is InChI=1S/C25H30FN5O2S/c1-6-21(24(33)28-20-14-15(3)12-13-16(20)4)34-25-30-29-22(31(25)7-2)17(5)27-23(32)18-10-8-9-11-19(18)26/h8-14,17,21H,6-7H2,1-5H3,(H,27,32)(H,28,33). The van der Waals surface area contributed by atoms with E-state index in [1.165, 1.54) is 30.0 Å². The van der Waals surface area contributed by atoms with Crippen molar-refractivity contribution in [3.63, 3.8) is 0 Å². The number of hydrogen-bond donors (Lipinski definition) is 2. The van der Waals surface area contributed by atoms with Gasteiger partial charge < -0.3 is 15.2 Å². The summed E-state index contributed by atoms with van der Waals surface area (Å²) < 4.78 is 15.8. The van der Waals surface area contributed by atoms with Gasteiger partial charge in [-0.05, 0) is 63.4 Å². The van der Waals surface area contributed by atoms with Crippen LogP contribution in [0.1, 0.15) is 60.5 Å². The minimum absolute atomic E-state index is 0.0272. The lowest BCUT2D eigenvalue weighted by Gasteiger charge is -2.18. The van der Waals surface area contributed by atoms with E-state index in [1.54, 1.807) is 13.0 Å². The number of halogens is 1. The summed E-state index contributed by atoms with van der Waals surface area (Å²) in [6.45, 7) is 10.2. The molecule has 3 aromatic rings. The topological polar surface area (TPSA) is 88.9 Å². The van der Waals surface area contributed by atoms with Crippen LogP contribution in [0.5, 0.6) is 0 Å². The van der Waals surface area contributed by atoms with Crippen LogP contribution in [0.25, 0.3) is 0 Å². The van der Waals surface area contributed by atoms with E-state index in [9.17, 15) is 14.0 Å². The zero-order valence-corrected chi connectivity index (χ0v) is 20.9. The Bertz CT molecular complexity index is 1180. The zero-order chi connectivity index (χ0) is 24.8. The summed E-state index contributed by atoms with van der Waals surface area (Å²) in [6.07, 6.45) is 0.604. The first-order valence-corrected chi connectivity index (χ1v) is 12.2. The number of carbonyl (C=O) groups is 2. The number of nitrogens with zero attached hydrogens (tertiary/aromatic N) is 3. The molecule has 0 aliphatic heterocycles. The highest BCUT2D eigenvalue weighted by molar-refractivity contribution is 8.00. The lowest BCUT2D eigenvalue weighted by Crippen LogP contribution is -2.29. The molecule has 2 N–H and O–H groups in total. The summed E-state index contributed by atoms with van der Waals surface area (Å²) >= 11 is 1.34. The van der Waals surface area contributed by atoms with Crippen LogP contribution < -0.4 is 10.6 Å². The molecule has 0 spiro atoms. The summed E-state index contributed by atoms with van der Waals surface area (Å²) in [6, 6.07) is 11.3. The molecule has 2 amide bonds. The van der Waals surface area contributed by atoms with E-state index >= 15 is 0 Å². The maximum atomic E-state index is 14.0. The average molecular weight is 484 g/mol. The second-order valence-electron chi connectivity index (χ2n) is 8.08. The third kappa shape index (κ3) is 5.83. The van der Waals surface area contributed by atoms with Crippen molar-refractivity contribution in [2.75, 3.05) is 5.32 Å². The number of nitrogens with one attached hydrogen (secondary N) is 2. The van der Waals surface area contributed by atoms with Crippen molar-refractivity contribution in [1.82, 2.24) is 20.1 Å². The fourth-order valence-electron chi connectivity index (χ4n) is 3.52. The first-order chi connectivity index (χ1) is 16.2. The lowest BCUT2D eigenvalue weighted by molar-refractivity contribution is -0.115. The summed E-state index contributed by atoms with van der Waals surface area (Å²) in [5, 5.41) is 14.6. The normalized spacial score (nSPS) is 12.8. The molecule has 0 aliphatic rings. The molecule has 3 rings (SSSR count). The summed E-state index contributed by atoms with van der Waals surface area (Å²) in [4.78, 5) is 25.5. The Morgan fingerprint density at radius 3 is 2.53 bits per heavy atom. The van der Waals surface area contributed by atoms with Crippen LogP contribution in [-0.2, 0) is 11.3 Å². The molecule has 1 aromatic heterocycles. The first kappa shape index (κ1) is 25.4. The lowest BCUT2D eigenvalue weighted by atomic mass is 10.1. The van der Waals surface area contributed by atoms with Gasteiger partial charge in [0.15, 0.2) is 11.0 Å². The number of benzene rings is 2. The van der Waals surface area contributed by atoms with Crippen LogP contribution in [0.2, 0.25) is 0 Å². The highest BCUT2D eigenvalue weighted by Gasteiger charge is 2.25. The van der Waals surface area contributed by atoms with Crippen molar-refractivity contribution in [1.29, 1.82) is 0 Å².